The van der Waals surface area contributed by atoms with E-state index >= 15 is 0 Å². The number of esters is 1. The van der Waals surface area contributed by atoms with Gasteiger partial charge in [-0.1, -0.05) is 6.07 Å². The van der Waals surface area contributed by atoms with E-state index in [4.69, 9.17) is 19.9 Å². The molecule has 0 amide bonds. The number of allylic oxidation sites excluding steroid dienone is 2. The number of nitrogens with zero attached hydrogens (tertiary/aromatic N) is 3. The van der Waals surface area contributed by atoms with Crippen molar-refractivity contribution in [3.8, 4) is 17.6 Å². The zero-order valence-electron chi connectivity index (χ0n) is 14.7. The second-order valence-electron chi connectivity index (χ2n) is 5.93. The second kappa shape index (κ2) is 6.55. The van der Waals surface area contributed by atoms with Crippen LogP contribution in [0.2, 0.25) is 0 Å². The first-order valence-corrected chi connectivity index (χ1v) is 9.09. The maximum Gasteiger partial charge on any atom is 0.338 e. The smallest absolute Gasteiger partial charge is 0.338 e. The number of ether oxygens (including phenoxy) is 3. The van der Waals surface area contributed by atoms with E-state index in [2.05, 4.69) is 11.1 Å². The maximum atomic E-state index is 12.7. The number of rotatable bonds is 3. The van der Waals surface area contributed by atoms with E-state index < -0.39 is 12.0 Å². The predicted molar refractivity (Wildman–Crippen MR) is 98.3 cm³/mol. The number of benzene rings is 1. The molecule has 3 aliphatic heterocycles. The Kier molecular flexibility index (Phi) is 4.20. The van der Waals surface area contributed by atoms with Crippen molar-refractivity contribution < 1.29 is 19.0 Å². The quantitative estimate of drug-likeness (QED) is 0.791. The monoisotopic (exact) mass is 384 g/mol. The van der Waals surface area contributed by atoms with Gasteiger partial charge in [0.25, 0.3) is 0 Å². The summed E-state index contributed by atoms with van der Waals surface area (Å²) < 4.78 is 16.1. The van der Waals surface area contributed by atoms with Crippen LogP contribution in [0.25, 0.3) is 0 Å². The number of hydrogen-bond donors (Lipinski definition) is 1. The molecule has 1 aromatic carbocycles. The van der Waals surface area contributed by atoms with Crippen molar-refractivity contribution in [1.82, 2.24) is 4.90 Å². The van der Waals surface area contributed by atoms with E-state index in [0.717, 1.165) is 5.56 Å². The van der Waals surface area contributed by atoms with Gasteiger partial charge in [-0.3, -0.25) is 4.90 Å². The van der Waals surface area contributed by atoms with Gasteiger partial charge in [-0.15, -0.1) is 0 Å². The molecule has 1 aromatic rings. The first kappa shape index (κ1) is 17.3. The first-order valence-electron chi connectivity index (χ1n) is 8.28. The number of fused-ring (bicyclic) bond motifs is 2. The van der Waals surface area contributed by atoms with Gasteiger partial charge in [-0.2, -0.15) is 5.26 Å². The number of aliphatic imine (C=N–C) groups is 1. The highest BCUT2D eigenvalue weighted by atomic mass is 32.2. The minimum Gasteiger partial charge on any atom is -0.463 e. The van der Waals surface area contributed by atoms with Gasteiger partial charge < -0.3 is 19.9 Å². The lowest BCUT2D eigenvalue weighted by molar-refractivity contribution is -0.139. The molecule has 0 fully saturated rings. The molecular weight excluding hydrogens is 368 g/mol. The summed E-state index contributed by atoms with van der Waals surface area (Å²) in [5, 5.41) is 9.91. The van der Waals surface area contributed by atoms with E-state index in [1.807, 2.05) is 12.1 Å². The zero-order chi connectivity index (χ0) is 19.1. The molecule has 27 heavy (non-hydrogen) atoms. The normalized spacial score (nSPS) is 20.4. The van der Waals surface area contributed by atoms with Gasteiger partial charge in [0.05, 0.1) is 23.9 Å². The number of nitrogens with two attached hydrogens (primary N) is 1. The third-order valence-corrected chi connectivity index (χ3v) is 5.36. The van der Waals surface area contributed by atoms with Crippen molar-refractivity contribution in [2.24, 2.45) is 10.7 Å². The lowest BCUT2D eigenvalue weighted by Gasteiger charge is -2.34. The van der Waals surface area contributed by atoms with Crippen LogP contribution >= 0.6 is 11.8 Å². The topological polar surface area (TPSA) is 110 Å². The molecule has 2 N–H and O–H groups in total. The Morgan fingerprint density at radius 2 is 2.26 bits per heavy atom. The van der Waals surface area contributed by atoms with Gasteiger partial charge in [-0.25, -0.2) is 9.79 Å². The van der Waals surface area contributed by atoms with Crippen molar-refractivity contribution in [3.63, 3.8) is 0 Å². The molecule has 138 valence electrons. The van der Waals surface area contributed by atoms with E-state index in [-0.39, 0.29) is 19.2 Å². The van der Waals surface area contributed by atoms with Crippen LogP contribution in [0.3, 0.4) is 0 Å². The molecule has 1 atom stereocenters. The number of carbonyl (C=O) groups is 1. The van der Waals surface area contributed by atoms with Crippen LogP contribution in [-0.2, 0) is 9.53 Å². The van der Waals surface area contributed by atoms with Gasteiger partial charge in [0, 0.05) is 0 Å². The number of hydrogen-bond acceptors (Lipinski definition) is 9. The summed E-state index contributed by atoms with van der Waals surface area (Å²) in [4.78, 5) is 19.2. The Morgan fingerprint density at radius 3 is 3.00 bits per heavy atom. The first-order chi connectivity index (χ1) is 13.0. The molecule has 0 spiro atoms. The van der Waals surface area contributed by atoms with Crippen molar-refractivity contribution in [3.05, 3.63) is 45.8 Å². The summed E-state index contributed by atoms with van der Waals surface area (Å²) in [5.41, 5.74) is 7.88. The Labute approximate surface area is 159 Å². The SMILES string of the molecule is CCOC(=O)C1=C(C)N=C2SC(C#N)=C(N)N2[C@@H]1c1ccc2c(c1)OCO2. The van der Waals surface area contributed by atoms with Crippen LogP contribution in [0.5, 0.6) is 11.5 Å². The van der Waals surface area contributed by atoms with Gasteiger partial charge in [0.15, 0.2) is 16.7 Å². The minimum atomic E-state index is -0.579. The van der Waals surface area contributed by atoms with Gasteiger partial charge in [0.2, 0.25) is 6.79 Å². The standard InChI is InChI=1S/C18H16N4O4S/c1-3-24-17(23)14-9(2)21-18-22(16(20)13(7-19)27-18)15(14)10-4-5-11-12(6-10)26-8-25-11/h4-6,15H,3,8,20H2,1-2H3/t15-/m1/s1. The molecule has 0 saturated heterocycles. The Bertz CT molecular complexity index is 976. The fourth-order valence-corrected chi connectivity index (χ4v) is 4.13. The molecule has 9 heteroatoms. The van der Waals surface area contributed by atoms with E-state index in [9.17, 15) is 10.1 Å². The number of nitriles is 1. The van der Waals surface area contributed by atoms with Crippen molar-refractivity contribution in [2.45, 2.75) is 19.9 Å². The largest absolute Gasteiger partial charge is 0.463 e. The van der Waals surface area contributed by atoms with Crippen LogP contribution in [0.4, 0.5) is 0 Å². The van der Waals surface area contributed by atoms with Gasteiger partial charge in [-0.05, 0) is 43.3 Å². The molecule has 3 heterocycles. The lowest BCUT2D eigenvalue weighted by Crippen LogP contribution is -2.38. The summed E-state index contributed by atoms with van der Waals surface area (Å²) in [6.07, 6.45) is 0. The van der Waals surface area contributed by atoms with Crippen LogP contribution < -0.4 is 15.2 Å². The third kappa shape index (κ3) is 2.69. The van der Waals surface area contributed by atoms with Gasteiger partial charge >= 0.3 is 5.97 Å². The molecule has 0 unspecified atom stereocenters. The zero-order valence-corrected chi connectivity index (χ0v) is 15.5. The van der Waals surface area contributed by atoms with Crippen LogP contribution in [0.15, 0.2) is 45.2 Å². The maximum absolute atomic E-state index is 12.7. The van der Waals surface area contributed by atoms with Crippen molar-refractivity contribution in [1.29, 1.82) is 5.26 Å². The average molecular weight is 384 g/mol. The number of amidine groups is 1. The highest BCUT2D eigenvalue weighted by Crippen LogP contribution is 2.47. The molecule has 0 aliphatic carbocycles. The van der Waals surface area contributed by atoms with Crippen molar-refractivity contribution >= 4 is 22.9 Å². The van der Waals surface area contributed by atoms with Crippen molar-refractivity contribution in [2.75, 3.05) is 13.4 Å². The molecule has 0 saturated carbocycles. The summed E-state index contributed by atoms with van der Waals surface area (Å²) in [7, 11) is 0. The predicted octanol–water partition coefficient (Wildman–Crippen LogP) is 2.36. The Hall–Kier alpha value is -3.12. The highest BCUT2D eigenvalue weighted by molar-refractivity contribution is 8.17. The van der Waals surface area contributed by atoms with E-state index in [0.29, 0.717) is 32.8 Å². The minimum absolute atomic E-state index is 0.149. The molecule has 0 bridgehead atoms. The lowest BCUT2D eigenvalue weighted by atomic mass is 9.94. The average Bonchev–Trinajstić information content (AvgIpc) is 3.24. The Morgan fingerprint density at radius 1 is 1.48 bits per heavy atom. The van der Waals surface area contributed by atoms with Crippen LogP contribution in [0.1, 0.15) is 25.5 Å². The summed E-state index contributed by atoms with van der Waals surface area (Å²) in [6, 6.07) is 6.94. The molecular formula is C18H16N4O4S. The molecule has 4 rings (SSSR count). The number of thioether (sulfide) groups is 1. The fraction of sp³-hybridized carbons (Fsp3) is 0.278. The van der Waals surface area contributed by atoms with E-state index in [1.54, 1.807) is 24.8 Å². The molecule has 0 aromatic heterocycles. The number of carbonyl (C=O) groups excluding carboxylic acids is 1. The fourth-order valence-electron chi connectivity index (χ4n) is 3.21. The second-order valence-corrected chi connectivity index (χ2v) is 6.90. The molecule has 0 radical (unpaired) electrons. The summed E-state index contributed by atoms with van der Waals surface area (Å²) in [6.45, 7) is 3.88. The third-order valence-electron chi connectivity index (χ3n) is 4.39. The molecule has 3 aliphatic rings. The van der Waals surface area contributed by atoms with E-state index in [1.165, 1.54) is 11.8 Å². The summed E-state index contributed by atoms with van der Waals surface area (Å²) >= 11 is 1.18. The Balaban J connectivity index is 1.87. The van der Waals surface area contributed by atoms with Crippen LogP contribution in [0, 0.1) is 11.3 Å². The van der Waals surface area contributed by atoms with Crippen LogP contribution in [-0.4, -0.2) is 29.4 Å². The van der Waals surface area contributed by atoms with Gasteiger partial charge in [0.1, 0.15) is 16.8 Å². The summed E-state index contributed by atoms with van der Waals surface area (Å²) in [5.74, 6) is 1.02. The molecule has 8 nitrogen and oxygen atoms in total. The highest BCUT2D eigenvalue weighted by Gasteiger charge is 2.43.